The minimum Gasteiger partial charge on any atom is -0.478 e. The third-order valence-corrected chi connectivity index (χ3v) is 3.62. The zero-order chi connectivity index (χ0) is 14.9. The van der Waals surface area contributed by atoms with Crippen LogP contribution in [0.2, 0.25) is 0 Å². The number of carboxylic acids is 1. The Morgan fingerprint density at radius 2 is 2.00 bits per heavy atom. The average molecular weight is 273 g/mol. The molecule has 0 aliphatic rings. The number of aromatic nitrogens is 1. The normalized spacial score (nSPS) is 10.9. The molecule has 2 rings (SSSR count). The lowest BCUT2D eigenvalue weighted by Crippen LogP contribution is -2.15. The molecule has 1 aromatic heterocycles. The number of H-pyrrole nitrogens is 1. The molecule has 0 aliphatic carbocycles. The van der Waals surface area contributed by atoms with E-state index in [4.69, 9.17) is 0 Å². The largest absolute Gasteiger partial charge is 0.478 e. The Morgan fingerprint density at radius 1 is 1.30 bits per heavy atom. The van der Waals surface area contributed by atoms with E-state index in [0.717, 1.165) is 23.2 Å². The fourth-order valence-electron chi connectivity index (χ4n) is 2.54. The molecule has 1 heterocycles. The number of pyridine rings is 1. The van der Waals surface area contributed by atoms with Crippen molar-refractivity contribution in [1.82, 2.24) is 4.98 Å². The maximum atomic E-state index is 12.6. The van der Waals surface area contributed by atoms with E-state index in [2.05, 4.69) is 4.98 Å². The first-order valence-electron chi connectivity index (χ1n) is 6.91. The standard InChI is InChI=1S/C16H19NO3/c1-4-6-11-9(3)17-14-12(15(11)18)7-10(5-2)8-13(14)16(19)20/h7-8H,4-6H2,1-3H3,(H,17,18)(H,19,20). The van der Waals surface area contributed by atoms with E-state index < -0.39 is 5.97 Å². The summed E-state index contributed by atoms with van der Waals surface area (Å²) in [5.41, 5.74) is 2.93. The SMILES string of the molecule is CCCc1c(C)[nH]c2c(C(=O)O)cc(CC)cc2c1=O. The molecule has 0 bridgehead atoms. The Kier molecular flexibility index (Phi) is 3.93. The minimum absolute atomic E-state index is 0.0455. The van der Waals surface area contributed by atoms with Crippen LogP contribution in [0, 0.1) is 6.92 Å². The lowest BCUT2D eigenvalue weighted by molar-refractivity contribution is 0.0698. The van der Waals surface area contributed by atoms with Gasteiger partial charge in [-0.15, -0.1) is 0 Å². The Bertz CT molecular complexity index is 729. The van der Waals surface area contributed by atoms with Crippen LogP contribution < -0.4 is 5.43 Å². The van der Waals surface area contributed by atoms with Crippen LogP contribution in [0.3, 0.4) is 0 Å². The first-order chi connectivity index (χ1) is 9.49. The second-order valence-electron chi connectivity index (χ2n) is 5.03. The van der Waals surface area contributed by atoms with Crippen molar-refractivity contribution in [2.24, 2.45) is 0 Å². The molecule has 0 saturated carbocycles. The Hall–Kier alpha value is -2.10. The highest BCUT2D eigenvalue weighted by atomic mass is 16.4. The van der Waals surface area contributed by atoms with Crippen LogP contribution in [0.1, 0.15) is 47.4 Å². The van der Waals surface area contributed by atoms with Gasteiger partial charge in [0.15, 0.2) is 5.43 Å². The van der Waals surface area contributed by atoms with Crippen molar-refractivity contribution in [3.05, 3.63) is 44.7 Å². The van der Waals surface area contributed by atoms with Crippen LogP contribution >= 0.6 is 0 Å². The summed E-state index contributed by atoms with van der Waals surface area (Å²) in [4.78, 5) is 27.1. The van der Waals surface area contributed by atoms with Crippen LogP contribution in [0.15, 0.2) is 16.9 Å². The predicted octanol–water partition coefficient (Wildman–Crippen LogP) is 3.05. The summed E-state index contributed by atoms with van der Waals surface area (Å²) < 4.78 is 0. The fourth-order valence-corrected chi connectivity index (χ4v) is 2.54. The molecular weight excluding hydrogens is 254 g/mol. The second-order valence-corrected chi connectivity index (χ2v) is 5.03. The molecule has 0 spiro atoms. The molecule has 4 nitrogen and oxygen atoms in total. The van der Waals surface area contributed by atoms with Crippen LogP contribution in [0.25, 0.3) is 10.9 Å². The number of hydrogen-bond acceptors (Lipinski definition) is 2. The Labute approximate surface area is 117 Å². The molecule has 0 amide bonds. The van der Waals surface area contributed by atoms with Gasteiger partial charge in [-0.3, -0.25) is 4.79 Å². The first-order valence-corrected chi connectivity index (χ1v) is 6.91. The highest BCUT2D eigenvalue weighted by Crippen LogP contribution is 2.20. The summed E-state index contributed by atoms with van der Waals surface area (Å²) in [6, 6.07) is 3.44. The number of benzene rings is 1. The van der Waals surface area contributed by atoms with E-state index in [1.807, 2.05) is 20.8 Å². The van der Waals surface area contributed by atoms with Gasteiger partial charge >= 0.3 is 5.97 Å². The third kappa shape index (κ3) is 2.33. The number of rotatable bonds is 4. The smallest absolute Gasteiger partial charge is 0.337 e. The van der Waals surface area contributed by atoms with E-state index in [9.17, 15) is 14.7 Å². The molecule has 1 aromatic carbocycles. The number of aryl methyl sites for hydroxylation is 2. The van der Waals surface area contributed by atoms with Crippen molar-refractivity contribution in [2.45, 2.75) is 40.0 Å². The molecule has 20 heavy (non-hydrogen) atoms. The van der Waals surface area contributed by atoms with Gasteiger partial charge in [-0.05, 0) is 37.5 Å². The summed E-state index contributed by atoms with van der Waals surface area (Å²) >= 11 is 0. The second kappa shape index (κ2) is 5.49. The number of nitrogens with one attached hydrogen (secondary N) is 1. The molecule has 4 heteroatoms. The van der Waals surface area contributed by atoms with E-state index in [1.54, 1.807) is 12.1 Å². The summed E-state index contributed by atoms with van der Waals surface area (Å²) in [6.07, 6.45) is 2.29. The zero-order valence-corrected chi connectivity index (χ0v) is 12.0. The van der Waals surface area contributed by atoms with Crippen molar-refractivity contribution in [3.8, 4) is 0 Å². The van der Waals surface area contributed by atoms with Gasteiger partial charge in [-0.2, -0.15) is 0 Å². The Morgan fingerprint density at radius 3 is 2.55 bits per heavy atom. The summed E-state index contributed by atoms with van der Waals surface area (Å²) in [7, 11) is 0. The fraction of sp³-hybridized carbons (Fsp3) is 0.375. The number of fused-ring (bicyclic) bond motifs is 1. The monoisotopic (exact) mass is 273 g/mol. The zero-order valence-electron chi connectivity index (χ0n) is 12.0. The number of hydrogen-bond donors (Lipinski definition) is 2. The summed E-state index contributed by atoms with van der Waals surface area (Å²) in [6.45, 7) is 5.79. The molecule has 0 saturated heterocycles. The average Bonchev–Trinajstić information content (AvgIpc) is 2.42. The molecule has 0 aliphatic heterocycles. The number of aromatic amines is 1. The van der Waals surface area contributed by atoms with Gasteiger partial charge in [0.05, 0.1) is 11.1 Å². The van der Waals surface area contributed by atoms with Crippen molar-refractivity contribution in [1.29, 1.82) is 0 Å². The van der Waals surface area contributed by atoms with Gasteiger partial charge in [0, 0.05) is 16.6 Å². The van der Waals surface area contributed by atoms with Gasteiger partial charge in [0.1, 0.15) is 0 Å². The Balaban J connectivity index is 2.90. The highest BCUT2D eigenvalue weighted by molar-refractivity contribution is 6.02. The van der Waals surface area contributed by atoms with Gasteiger partial charge in [0.25, 0.3) is 0 Å². The minimum atomic E-state index is -1.01. The lowest BCUT2D eigenvalue weighted by atomic mass is 9.99. The van der Waals surface area contributed by atoms with Crippen LogP contribution in [0.5, 0.6) is 0 Å². The van der Waals surface area contributed by atoms with E-state index in [1.165, 1.54) is 0 Å². The highest BCUT2D eigenvalue weighted by Gasteiger charge is 2.16. The van der Waals surface area contributed by atoms with Gasteiger partial charge in [0.2, 0.25) is 0 Å². The van der Waals surface area contributed by atoms with Crippen molar-refractivity contribution in [3.63, 3.8) is 0 Å². The summed E-state index contributed by atoms with van der Waals surface area (Å²) in [5.74, 6) is -1.01. The van der Waals surface area contributed by atoms with Gasteiger partial charge in [-0.25, -0.2) is 4.79 Å². The molecule has 0 fully saturated rings. The maximum Gasteiger partial charge on any atom is 0.337 e. The molecule has 0 atom stereocenters. The number of carbonyl (C=O) groups is 1. The predicted molar refractivity (Wildman–Crippen MR) is 79.6 cm³/mol. The van der Waals surface area contributed by atoms with Crippen molar-refractivity contribution >= 4 is 16.9 Å². The molecule has 2 N–H and O–H groups in total. The maximum absolute atomic E-state index is 12.6. The van der Waals surface area contributed by atoms with Crippen LogP contribution in [-0.2, 0) is 12.8 Å². The topological polar surface area (TPSA) is 70.2 Å². The van der Waals surface area contributed by atoms with E-state index in [-0.39, 0.29) is 11.0 Å². The van der Waals surface area contributed by atoms with Crippen LogP contribution in [-0.4, -0.2) is 16.1 Å². The molecule has 2 aromatic rings. The van der Waals surface area contributed by atoms with E-state index >= 15 is 0 Å². The summed E-state index contributed by atoms with van der Waals surface area (Å²) in [5, 5.41) is 9.82. The first kappa shape index (κ1) is 14.3. The quantitative estimate of drug-likeness (QED) is 0.899. The molecular formula is C16H19NO3. The van der Waals surface area contributed by atoms with Gasteiger partial charge < -0.3 is 10.1 Å². The number of carboxylic acid groups (broad SMARTS) is 1. The number of aromatic carboxylic acids is 1. The van der Waals surface area contributed by atoms with E-state index in [0.29, 0.717) is 23.7 Å². The lowest BCUT2D eigenvalue weighted by Gasteiger charge is -2.11. The van der Waals surface area contributed by atoms with Crippen molar-refractivity contribution in [2.75, 3.05) is 0 Å². The van der Waals surface area contributed by atoms with Crippen molar-refractivity contribution < 1.29 is 9.90 Å². The third-order valence-electron chi connectivity index (χ3n) is 3.62. The van der Waals surface area contributed by atoms with Gasteiger partial charge in [-0.1, -0.05) is 20.3 Å². The molecule has 0 unspecified atom stereocenters. The molecule has 0 radical (unpaired) electrons. The van der Waals surface area contributed by atoms with Crippen LogP contribution in [0.4, 0.5) is 0 Å². The molecule has 106 valence electrons.